The Kier molecular flexibility index (Phi) is 5.75. The quantitative estimate of drug-likeness (QED) is 0.659. The molecule has 0 amide bonds. The highest BCUT2D eigenvalue weighted by atomic mass is 32.2. The third-order valence-corrected chi connectivity index (χ3v) is 6.55. The number of rotatable bonds is 6. The summed E-state index contributed by atoms with van der Waals surface area (Å²) in [6.07, 6.45) is 0.187. The first kappa shape index (κ1) is 16.4. The maximum atomic E-state index is 11.9. The van der Waals surface area contributed by atoms with Crippen molar-refractivity contribution in [2.75, 3.05) is 24.7 Å². The average molecular weight is 313 g/mol. The van der Waals surface area contributed by atoms with Gasteiger partial charge in [-0.1, -0.05) is 0 Å². The Morgan fingerprint density at radius 3 is 2.42 bits per heavy atom. The Morgan fingerprint density at radius 2 is 1.89 bits per heavy atom. The van der Waals surface area contributed by atoms with Crippen molar-refractivity contribution in [3.8, 4) is 0 Å². The zero-order valence-corrected chi connectivity index (χ0v) is 12.4. The zero-order chi connectivity index (χ0) is 14.5. The van der Waals surface area contributed by atoms with E-state index < -0.39 is 31.1 Å². The highest BCUT2D eigenvalue weighted by molar-refractivity contribution is 7.92. The number of carbonyl (C=O) groups excluding carboxylic acids is 1. The maximum absolute atomic E-state index is 11.9. The molecule has 1 aliphatic rings. The lowest BCUT2D eigenvalue weighted by Gasteiger charge is -2.22. The highest BCUT2D eigenvalue weighted by Crippen LogP contribution is 2.18. The molecule has 0 bridgehead atoms. The Hall–Kier alpha value is -0.670. The van der Waals surface area contributed by atoms with E-state index in [4.69, 9.17) is 0 Å². The lowest BCUT2D eigenvalue weighted by atomic mass is 10.2. The fraction of sp³-hybridized carbons (Fsp3) is 0.900. The van der Waals surface area contributed by atoms with Gasteiger partial charge in [0.15, 0.2) is 0 Å². The number of nitrogens with one attached hydrogen (secondary N) is 1. The van der Waals surface area contributed by atoms with Crippen molar-refractivity contribution >= 4 is 25.8 Å². The zero-order valence-electron chi connectivity index (χ0n) is 10.8. The number of sulfone groups is 1. The Morgan fingerprint density at radius 1 is 1.32 bits per heavy atom. The maximum Gasteiger partial charge on any atom is 0.307 e. The van der Waals surface area contributed by atoms with E-state index >= 15 is 0 Å². The van der Waals surface area contributed by atoms with E-state index in [2.05, 4.69) is 9.46 Å². The van der Waals surface area contributed by atoms with Crippen LogP contribution < -0.4 is 4.72 Å². The van der Waals surface area contributed by atoms with E-state index in [1.807, 2.05) is 0 Å². The van der Waals surface area contributed by atoms with Gasteiger partial charge < -0.3 is 4.74 Å². The molecule has 1 N–H and O–H groups in total. The molecule has 0 aromatic rings. The van der Waals surface area contributed by atoms with E-state index in [-0.39, 0.29) is 43.9 Å². The van der Waals surface area contributed by atoms with Crippen molar-refractivity contribution in [2.24, 2.45) is 0 Å². The molecule has 19 heavy (non-hydrogen) atoms. The largest absolute Gasteiger partial charge is 0.466 e. The predicted octanol–water partition coefficient (Wildman–Crippen LogP) is -0.564. The van der Waals surface area contributed by atoms with Crippen molar-refractivity contribution in [3.63, 3.8) is 0 Å². The molecule has 1 saturated heterocycles. The molecule has 112 valence electrons. The number of hydrogen-bond donors (Lipinski definition) is 1. The molecule has 1 aliphatic heterocycles. The summed E-state index contributed by atoms with van der Waals surface area (Å²) in [7, 11) is -6.65. The van der Waals surface area contributed by atoms with Crippen LogP contribution in [0.25, 0.3) is 0 Å². The second-order valence-electron chi connectivity index (χ2n) is 4.35. The minimum absolute atomic E-state index is 0.0234. The van der Waals surface area contributed by atoms with Crippen molar-refractivity contribution in [3.05, 3.63) is 0 Å². The fourth-order valence-corrected chi connectivity index (χ4v) is 5.09. The van der Waals surface area contributed by atoms with Gasteiger partial charge in [0, 0.05) is 6.54 Å². The summed E-state index contributed by atoms with van der Waals surface area (Å²) in [5, 5.41) is -0.696. The highest BCUT2D eigenvalue weighted by Gasteiger charge is 2.32. The first-order valence-electron chi connectivity index (χ1n) is 6.11. The molecule has 1 fully saturated rings. The van der Waals surface area contributed by atoms with Gasteiger partial charge in [-0.2, -0.15) is 0 Å². The van der Waals surface area contributed by atoms with E-state index in [9.17, 15) is 21.6 Å². The van der Waals surface area contributed by atoms with Gasteiger partial charge in [0.1, 0.15) is 9.84 Å². The van der Waals surface area contributed by atoms with E-state index in [1.165, 1.54) is 0 Å². The molecule has 1 heterocycles. The molecular formula is C10H19NO6S2. The van der Waals surface area contributed by atoms with Gasteiger partial charge in [0.2, 0.25) is 10.0 Å². The minimum atomic E-state index is -3.57. The number of hydrogen-bond acceptors (Lipinski definition) is 6. The molecule has 9 heteroatoms. The summed E-state index contributed by atoms with van der Waals surface area (Å²) in [5.41, 5.74) is 0. The van der Waals surface area contributed by atoms with Crippen molar-refractivity contribution in [2.45, 2.75) is 31.4 Å². The van der Waals surface area contributed by atoms with Gasteiger partial charge in [-0.25, -0.2) is 21.6 Å². The molecule has 7 nitrogen and oxygen atoms in total. The number of ether oxygens (including phenoxy) is 1. The monoisotopic (exact) mass is 313 g/mol. The lowest BCUT2D eigenvalue weighted by molar-refractivity contribution is -0.142. The molecule has 0 radical (unpaired) electrons. The van der Waals surface area contributed by atoms with Crippen LogP contribution in [0.1, 0.15) is 26.2 Å². The van der Waals surface area contributed by atoms with Crippen LogP contribution in [-0.2, 0) is 29.4 Å². The van der Waals surface area contributed by atoms with Crippen LogP contribution in [0.15, 0.2) is 0 Å². The second kappa shape index (κ2) is 6.67. The normalized spacial score (nSPS) is 20.1. The Bertz CT molecular complexity index is 496. The van der Waals surface area contributed by atoms with Gasteiger partial charge in [0.25, 0.3) is 0 Å². The second-order valence-corrected chi connectivity index (χ2v) is 8.69. The molecular weight excluding hydrogens is 294 g/mol. The fourth-order valence-electron chi connectivity index (χ4n) is 1.83. The van der Waals surface area contributed by atoms with E-state index in [1.54, 1.807) is 6.92 Å². The van der Waals surface area contributed by atoms with Crippen LogP contribution in [0.3, 0.4) is 0 Å². The van der Waals surface area contributed by atoms with Crippen LogP contribution in [-0.4, -0.2) is 52.7 Å². The molecule has 0 unspecified atom stereocenters. The van der Waals surface area contributed by atoms with Gasteiger partial charge >= 0.3 is 5.97 Å². The van der Waals surface area contributed by atoms with Crippen LogP contribution >= 0.6 is 0 Å². The van der Waals surface area contributed by atoms with E-state index in [0.29, 0.717) is 0 Å². The Labute approximate surface area is 113 Å². The van der Waals surface area contributed by atoms with Gasteiger partial charge in [-0.15, -0.1) is 0 Å². The van der Waals surface area contributed by atoms with Crippen molar-refractivity contribution in [1.29, 1.82) is 0 Å². The van der Waals surface area contributed by atoms with Crippen LogP contribution in [0.2, 0.25) is 0 Å². The standard InChI is InChI=1S/C10H19NO6S2/c1-2-17-10(12)3-6-11-19(15,16)9-4-7-18(13,14)8-5-9/h9,11H,2-8H2,1H3. The number of esters is 1. The summed E-state index contributed by atoms with van der Waals surface area (Å²) in [6, 6.07) is 0. The molecule has 0 saturated carbocycles. The van der Waals surface area contributed by atoms with Gasteiger partial charge in [-0.3, -0.25) is 4.79 Å². The Balaban J connectivity index is 2.42. The third-order valence-electron chi connectivity index (χ3n) is 2.88. The summed E-state index contributed by atoms with van der Waals surface area (Å²) < 4.78 is 53.2. The summed E-state index contributed by atoms with van der Waals surface area (Å²) in [6.45, 7) is 1.90. The smallest absolute Gasteiger partial charge is 0.307 e. The predicted molar refractivity (Wildman–Crippen MR) is 69.8 cm³/mol. The van der Waals surface area contributed by atoms with E-state index in [0.717, 1.165) is 0 Å². The van der Waals surface area contributed by atoms with Gasteiger partial charge in [0.05, 0.1) is 29.8 Å². The molecule has 0 aromatic carbocycles. The first-order valence-corrected chi connectivity index (χ1v) is 9.48. The topological polar surface area (TPSA) is 107 Å². The molecule has 0 atom stereocenters. The number of carbonyl (C=O) groups is 1. The third kappa shape index (κ3) is 5.45. The lowest BCUT2D eigenvalue weighted by Crippen LogP contribution is -2.40. The van der Waals surface area contributed by atoms with Crippen molar-refractivity contribution in [1.82, 2.24) is 4.72 Å². The van der Waals surface area contributed by atoms with Crippen molar-refractivity contribution < 1.29 is 26.4 Å². The van der Waals surface area contributed by atoms with Crippen LogP contribution in [0.5, 0.6) is 0 Å². The minimum Gasteiger partial charge on any atom is -0.466 e. The van der Waals surface area contributed by atoms with Crippen LogP contribution in [0.4, 0.5) is 0 Å². The molecule has 0 aromatic heterocycles. The molecule has 0 aliphatic carbocycles. The summed E-state index contributed by atoms with van der Waals surface area (Å²) >= 11 is 0. The van der Waals surface area contributed by atoms with Crippen LogP contribution in [0, 0.1) is 0 Å². The number of sulfonamides is 1. The molecule has 0 spiro atoms. The average Bonchev–Trinajstić information content (AvgIpc) is 2.28. The van der Waals surface area contributed by atoms with Gasteiger partial charge in [-0.05, 0) is 19.8 Å². The SMILES string of the molecule is CCOC(=O)CCNS(=O)(=O)C1CCS(=O)(=O)CC1. The summed E-state index contributed by atoms with van der Waals surface area (Å²) in [5.74, 6) is -0.663. The molecule has 1 rings (SSSR count). The summed E-state index contributed by atoms with van der Waals surface area (Å²) in [4.78, 5) is 11.1. The first-order chi connectivity index (χ1) is 8.77.